The van der Waals surface area contributed by atoms with E-state index in [-0.39, 0.29) is 6.10 Å². The molecule has 4 atom stereocenters. The van der Waals surface area contributed by atoms with Crippen molar-refractivity contribution in [2.24, 2.45) is 17.1 Å². The molecule has 0 heterocycles. The lowest BCUT2D eigenvalue weighted by Crippen LogP contribution is -2.51. The van der Waals surface area contributed by atoms with Gasteiger partial charge in [-0.15, -0.1) is 0 Å². The first-order valence-electron chi connectivity index (χ1n) is 8.15. The molecule has 3 N–H and O–H groups in total. The molecule has 0 aromatic rings. The summed E-state index contributed by atoms with van der Waals surface area (Å²) < 4.78 is 0. The predicted molar refractivity (Wildman–Crippen MR) is 80.0 cm³/mol. The van der Waals surface area contributed by atoms with Crippen LogP contribution in [-0.4, -0.2) is 42.3 Å². The van der Waals surface area contributed by atoms with E-state index in [0.29, 0.717) is 11.5 Å². The van der Waals surface area contributed by atoms with Crippen molar-refractivity contribution < 1.29 is 5.11 Å². The van der Waals surface area contributed by atoms with Crippen LogP contribution in [0, 0.1) is 11.3 Å². The topological polar surface area (TPSA) is 49.5 Å². The van der Waals surface area contributed by atoms with Crippen molar-refractivity contribution in [2.45, 2.75) is 70.4 Å². The Hall–Kier alpha value is -0.120. The van der Waals surface area contributed by atoms with E-state index >= 15 is 0 Å². The van der Waals surface area contributed by atoms with Crippen LogP contribution in [0.25, 0.3) is 0 Å². The molecular formula is C16H32N2O. The highest BCUT2D eigenvalue weighted by Gasteiger charge is 2.37. The standard InChI is InChI=1S/C16H32N2O/c1-13-6-5-9-16(10-13,11-17)12-18(2)14-7-3-4-8-15(14)19/h13-15,19H,3-12,17H2,1-2H3. The van der Waals surface area contributed by atoms with Gasteiger partial charge in [-0.2, -0.15) is 0 Å². The fourth-order valence-corrected chi connectivity index (χ4v) is 4.41. The van der Waals surface area contributed by atoms with Gasteiger partial charge in [0, 0.05) is 12.6 Å². The molecule has 2 saturated carbocycles. The molecule has 4 unspecified atom stereocenters. The minimum atomic E-state index is -0.130. The average molecular weight is 268 g/mol. The number of hydrogen-bond acceptors (Lipinski definition) is 3. The van der Waals surface area contributed by atoms with Crippen molar-refractivity contribution in [1.29, 1.82) is 0 Å². The Kier molecular flexibility index (Phi) is 5.27. The van der Waals surface area contributed by atoms with E-state index in [1.54, 1.807) is 0 Å². The van der Waals surface area contributed by atoms with Crippen molar-refractivity contribution >= 4 is 0 Å². The minimum Gasteiger partial charge on any atom is -0.391 e. The number of nitrogens with zero attached hydrogens (tertiary/aromatic N) is 1. The Morgan fingerprint density at radius 3 is 2.58 bits per heavy atom. The van der Waals surface area contributed by atoms with Crippen LogP contribution in [0.3, 0.4) is 0 Å². The molecule has 0 saturated heterocycles. The molecule has 2 fully saturated rings. The van der Waals surface area contributed by atoms with Crippen LogP contribution in [0.4, 0.5) is 0 Å². The zero-order valence-corrected chi connectivity index (χ0v) is 12.8. The van der Waals surface area contributed by atoms with E-state index in [1.165, 1.54) is 38.5 Å². The molecule has 19 heavy (non-hydrogen) atoms. The monoisotopic (exact) mass is 268 g/mol. The van der Waals surface area contributed by atoms with Gasteiger partial charge in [0.25, 0.3) is 0 Å². The zero-order valence-electron chi connectivity index (χ0n) is 12.8. The third-order valence-corrected chi connectivity index (χ3v) is 5.46. The van der Waals surface area contributed by atoms with E-state index in [4.69, 9.17) is 5.73 Å². The number of nitrogens with two attached hydrogens (primary N) is 1. The van der Waals surface area contributed by atoms with Crippen LogP contribution < -0.4 is 5.73 Å². The lowest BCUT2D eigenvalue weighted by atomic mass is 9.69. The molecule has 2 aliphatic rings. The number of aliphatic hydroxyl groups excluding tert-OH is 1. The predicted octanol–water partition coefficient (Wildman–Crippen LogP) is 2.38. The van der Waals surface area contributed by atoms with Crippen LogP contribution in [0.2, 0.25) is 0 Å². The second-order valence-corrected chi connectivity index (χ2v) is 7.24. The smallest absolute Gasteiger partial charge is 0.0695 e. The van der Waals surface area contributed by atoms with Gasteiger partial charge in [0.15, 0.2) is 0 Å². The molecular weight excluding hydrogens is 236 g/mol. The summed E-state index contributed by atoms with van der Waals surface area (Å²) in [5.74, 6) is 0.807. The van der Waals surface area contributed by atoms with E-state index in [2.05, 4.69) is 18.9 Å². The first-order chi connectivity index (χ1) is 9.06. The van der Waals surface area contributed by atoms with Crippen LogP contribution in [0.5, 0.6) is 0 Å². The van der Waals surface area contributed by atoms with Gasteiger partial charge in [-0.1, -0.05) is 32.6 Å². The van der Waals surface area contributed by atoms with Crippen LogP contribution in [0.1, 0.15) is 58.3 Å². The van der Waals surface area contributed by atoms with E-state index in [1.807, 2.05) is 0 Å². The Morgan fingerprint density at radius 2 is 1.95 bits per heavy atom. The third kappa shape index (κ3) is 3.71. The molecule has 3 heteroatoms. The van der Waals surface area contributed by atoms with E-state index < -0.39 is 0 Å². The summed E-state index contributed by atoms with van der Waals surface area (Å²) in [4.78, 5) is 2.41. The van der Waals surface area contributed by atoms with Crippen molar-refractivity contribution in [3.05, 3.63) is 0 Å². The molecule has 0 radical (unpaired) electrons. The maximum Gasteiger partial charge on any atom is 0.0695 e. The summed E-state index contributed by atoms with van der Waals surface area (Å²) >= 11 is 0. The Morgan fingerprint density at radius 1 is 1.21 bits per heavy atom. The van der Waals surface area contributed by atoms with Crippen LogP contribution in [0.15, 0.2) is 0 Å². The van der Waals surface area contributed by atoms with Gasteiger partial charge >= 0.3 is 0 Å². The van der Waals surface area contributed by atoms with Gasteiger partial charge in [0.2, 0.25) is 0 Å². The molecule has 112 valence electrons. The number of rotatable bonds is 4. The van der Waals surface area contributed by atoms with Gasteiger partial charge in [-0.05, 0) is 50.6 Å². The summed E-state index contributed by atoms with van der Waals surface area (Å²) in [6.45, 7) is 4.22. The summed E-state index contributed by atoms with van der Waals surface area (Å²) in [5, 5.41) is 10.2. The Labute approximate surface area is 118 Å². The minimum absolute atomic E-state index is 0.130. The summed E-state index contributed by atoms with van der Waals surface area (Å²) in [7, 11) is 2.19. The molecule has 0 amide bonds. The number of aliphatic hydroxyl groups is 1. The SMILES string of the molecule is CC1CCCC(CN)(CN(C)C2CCCCC2O)C1. The third-order valence-electron chi connectivity index (χ3n) is 5.46. The largest absolute Gasteiger partial charge is 0.391 e. The van der Waals surface area contributed by atoms with Crippen molar-refractivity contribution in [1.82, 2.24) is 4.90 Å². The fraction of sp³-hybridized carbons (Fsp3) is 1.00. The normalized spacial score (nSPS) is 40.6. The van der Waals surface area contributed by atoms with Crippen molar-refractivity contribution in [3.63, 3.8) is 0 Å². The fourth-order valence-electron chi connectivity index (χ4n) is 4.41. The van der Waals surface area contributed by atoms with Crippen molar-refractivity contribution in [2.75, 3.05) is 20.1 Å². The average Bonchev–Trinajstić information content (AvgIpc) is 2.39. The quantitative estimate of drug-likeness (QED) is 0.823. The first-order valence-corrected chi connectivity index (χ1v) is 8.15. The molecule has 0 aromatic heterocycles. The zero-order chi connectivity index (χ0) is 13.9. The lowest BCUT2D eigenvalue weighted by Gasteiger charge is -2.45. The highest BCUT2D eigenvalue weighted by molar-refractivity contribution is 4.91. The maximum absolute atomic E-state index is 10.2. The van der Waals surface area contributed by atoms with Gasteiger partial charge in [-0.3, -0.25) is 0 Å². The molecule has 2 rings (SSSR count). The number of hydrogen-bond donors (Lipinski definition) is 2. The highest BCUT2D eigenvalue weighted by atomic mass is 16.3. The van der Waals surface area contributed by atoms with Crippen molar-refractivity contribution in [3.8, 4) is 0 Å². The molecule has 0 bridgehead atoms. The number of likely N-dealkylation sites (N-methyl/N-ethyl adjacent to an activating group) is 1. The molecule has 2 aliphatic carbocycles. The van der Waals surface area contributed by atoms with Gasteiger partial charge in [0.05, 0.1) is 6.10 Å². The van der Waals surface area contributed by atoms with Gasteiger partial charge in [-0.25, -0.2) is 0 Å². The summed E-state index contributed by atoms with van der Waals surface area (Å²) in [6, 6.07) is 0.356. The second-order valence-electron chi connectivity index (χ2n) is 7.24. The first kappa shape index (κ1) is 15.3. The van der Waals surface area contributed by atoms with Gasteiger partial charge < -0.3 is 15.7 Å². The molecule has 0 aliphatic heterocycles. The van der Waals surface area contributed by atoms with Crippen LogP contribution >= 0.6 is 0 Å². The molecule has 3 nitrogen and oxygen atoms in total. The summed E-state index contributed by atoms with van der Waals surface area (Å²) in [5.41, 5.74) is 6.42. The lowest BCUT2D eigenvalue weighted by molar-refractivity contribution is 0.00155. The van der Waals surface area contributed by atoms with E-state index in [0.717, 1.165) is 31.8 Å². The summed E-state index contributed by atoms with van der Waals surface area (Å²) in [6.07, 6.45) is 9.64. The van der Waals surface area contributed by atoms with Gasteiger partial charge in [0.1, 0.15) is 0 Å². The molecule has 0 spiro atoms. The Balaban J connectivity index is 1.96. The second kappa shape index (κ2) is 6.55. The van der Waals surface area contributed by atoms with E-state index in [9.17, 15) is 5.11 Å². The van der Waals surface area contributed by atoms with Crippen LogP contribution in [-0.2, 0) is 0 Å². The Bertz CT molecular complexity index is 284. The maximum atomic E-state index is 10.2. The highest BCUT2D eigenvalue weighted by Crippen LogP contribution is 2.40. The molecule has 0 aromatic carbocycles.